The van der Waals surface area contributed by atoms with Gasteiger partial charge in [-0.2, -0.15) is 0 Å². The smallest absolute Gasteiger partial charge is 0.328 e. The van der Waals surface area contributed by atoms with Crippen LogP contribution in [-0.4, -0.2) is 46.7 Å². The van der Waals surface area contributed by atoms with Crippen LogP contribution >= 0.6 is 12.4 Å². The van der Waals surface area contributed by atoms with Crippen molar-refractivity contribution >= 4 is 23.3 Å². The Labute approximate surface area is 151 Å². The van der Waals surface area contributed by atoms with E-state index < -0.39 is 0 Å². The number of hydrogen-bond donors (Lipinski definition) is 2. The molecule has 0 amide bonds. The molecule has 0 spiro atoms. The Hall–Kier alpha value is -1.83. The number of halogens is 1. The van der Waals surface area contributed by atoms with E-state index in [4.69, 9.17) is 4.74 Å². The van der Waals surface area contributed by atoms with Crippen LogP contribution in [0.2, 0.25) is 0 Å². The van der Waals surface area contributed by atoms with Gasteiger partial charge in [0.05, 0.1) is 17.5 Å². The molecule has 0 aliphatic carbocycles. The lowest BCUT2D eigenvalue weighted by Gasteiger charge is -2.38. The Kier molecular flexibility index (Phi) is 5.17. The second-order valence-corrected chi connectivity index (χ2v) is 6.45. The average molecular weight is 367 g/mol. The summed E-state index contributed by atoms with van der Waals surface area (Å²) in [6.07, 6.45) is 0.968. The van der Waals surface area contributed by atoms with E-state index in [0.717, 1.165) is 43.9 Å². The van der Waals surface area contributed by atoms with Crippen LogP contribution in [0.3, 0.4) is 0 Å². The van der Waals surface area contributed by atoms with Crippen molar-refractivity contribution in [2.75, 3.05) is 26.2 Å². The topological polar surface area (TPSA) is 79.4 Å². The summed E-state index contributed by atoms with van der Waals surface area (Å²) in [5.74, 6) is 0.756. The highest BCUT2D eigenvalue weighted by Crippen LogP contribution is 2.28. The molecule has 0 radical (unpaired) electrons. The van der Waals surface area contributed by atoms with Crippen molar-refractivity contribution in [3.63, 3.8) is 0 Å². The number of hydrogen-bond acceptors (Lipinski definition) is 5. The third-order valence-electron chi connectivity index (χ3n) is 5.03. The molecular weight excluding hydrogens is 344 g/mol. The molecule has 1 aromatic carbocycles. The molecule has 3 heterocycles. The van der Waals surface area contributed by atoms with Gasteiger partial charge in [-0.3, -0.25) is 14.3 Å². The van der Waals surface area contributed by atoms with E-state index in [0.29, 0.717) is 30.1 Å². The number of benzene rings is 1. The van der Waals surface area contributed by atoms with Crippen molar-refractivity contribution in [2.24, 2.45) is 0 Å². The fourth-order valence-corrected chi connectivity index (χ4v) is 3.69. The molecule has 7 nitrogen and oxygen atoms in total. The maximum absolute atomic E-state index is 12.5. The van der Waals surface area contributed by atoms with Crippen LogP contribution < -0.4 is 21.3 Å². The van der Waals surface area contributed by atoms with Crippen molar-refractivity contribution in [1.82, 2.24) is 19.8 Å². The molecule has 136 valence electrons. The Bertz CT molecular complexity index is 892. The minimum Gasteiger partial charge on any atom is -0.493 e. The van der Waals surface area contributed by atoms with E-state index in [2.05, 4.69) is 15.2 Å². The predicted octanol–water partition coefficient (Wildman–Crippen LogP) is 0.688. The molecule has 0 unspecified atom stereocenters. The van der Waals surface area contributed by atoms with E-state index in [1.54, 1.807) is 13.0 Å². The molecule has 0 bridgehead atoms. The second-order valence-electron chi connectivity index (χ2n) is 6.45. The van der Waals surface area contributed by atoms with Gasteiger partial charge in [0.15, 0.2) is 0 Å². The quantitative estimate of drug-likeness (QED) is 0.776. The van der Waals surface area contributed by atoms with Crippen LogP contribution in [0.5, 0.6) is 5.75 Å². The monoisotopic (exact) mass is 366 g/mol. The minimum absolute atomic E-state index is 0. The summed E-state index contributed by atoms with van der Waals surface area (Å²) in [6.45, 7) is 6.50. The van der Waals surface area contributed by atoms with Crippen LogP contribution in [0.1, 0.15) is 18.9 Å². The average Bonchev–Trinajstić information content (AvgIpc) is 2.55. The molecule has 2 aliphatic heterocycles. The Balaban J connectivity index is 0.00000182. The summed E-state index contributed by atoms with van der Waals surface area (Å²) in [5.41, 5.74) is 0.995. The van der Waals surface area contributed by atoms with Gasteiger partial charge in [-0.05, 0) is 25.5 Å². The van der Waals surface area contributed by atoms with Crippen molar-refractivity contribution in [2.45, 2.75) is 32.5 Å². The summed E-state index contributed by atoms with van der Waals surface area (Å²) in [6, 6.07) is 4.16. The molecule has 4 rings (SSSR count). The van der Waals surface area contributed by atoms with Crippen molar-refractivity contribution in [3.8, 4) is 5.75 Å². The van der Waals surface area contributed by atoms with Gasteiger partial charge in [0, 0.05) is 44.3 Å². The largest absolute Gasteiger partial charge is 0.493 e. The van der Waals surface area contributed by atoms with Gasteiger partial charge in [-0.15, -0.1) is 12.4 Å². The molecule has 0 saturated carbocycles. The molecular formula is C17H23ClN4O3. The molecule has 2 N–H and O–H groups in total. The van der Waals surface area contributed by atoms with E-state index in [1.165, 1.54) is 4.57 Å². The van der Waals surface area contributed by atoms with Gasteiger partial charge in [0.2, 0.25) is 0 Å². The van der Waals surface area contributed by atoms with E-state index >= 15 is 0 Å². The number of rotatable bonds is 1. The molecule has 8 heteroatoms. The number of nitrogens with one attached hydrogen (secondary N) is 2. The first-order valence-electron chi connectivity index (χ1n) is 8.54. The zero-order valence-corrected chi connectivity index (χ0v) is 15.0. The zero-order chi connectivity index (χ0) is 16.7. The number of H-pyrrole nitrogens is 1. The third-order valence-corrected chi connectivity index (χ3v) is 5.03. The molecule has 2 aromatic rings. The SMILES string of the molecule is CCn1c(=O)[nH]c2cc3c(cc2c1=O)OCC[C@H]1CNCCN1C3.Cl. The molecule has 25 heavy (non-hydrogen) atoms. The van der Waals surface area contributed by atoms with Gasteiger partial charge in [0.25, 0.3) is 5.56 Å². The lowest BCUT2D eigenvalue weighted by Crippen LogP contribution is -2.51. The first-order chi connectivity index (χ1) is 11.7. The summed E-state index contributed by atoms with van der Waals surface area (Å²) in [4.78, 5) is 29.9. The number of nitrogens with zero attached hydrogens (tertiary/aromatic N) is 2. The Morgan fingerprint density at radius 3 is 2.96 bits per heavy atom. The maximum atomic E-state index is 12.5. The number of ether oxygens (including phenoxy) is 1. The van der Waals surface area contributed by atoms with Crippen LogP contribution in [0.15, 0.2) is 21.7 Å². The summed E-state index contributed by atoms with van der Waals surface area (Å²) in [5, 5.41) is 3.93. The van der Waals surface area contributed by atoms with Gasteiger partial charge in [-0.1, -0.05) is 0 Å². The van der Waals surface area contributed by atoms with Crippen molar-refractivity contribution < 1.29 is 4.74 Å². The molecule has 2 aliphatic rings. The predicted molar refractivity (Wildman–Crippen MR) is 98.9 cm³/mol. The van der Waals surface area contributed by atoms with Crippen molar-refractivity contribution in [3.05, 3.63) is 38.5 Å². The molecule has 1 fully saturated rings. The Morgan fingerprint density at radius 2 is 2.16 bits per heavy atom. The third kappa shape index (κ3) is 3.19. The van der Waals surface area contributed by atoms with Crippen LogP contribution in [-0.2, 0) is 13.1 Å². The number of fused-ring (bicyclic) bond motifs is 3. The maximum Gasteiger partial charge on any atom is 0.328 e. The van der Waals surface area contributed by atoms with Gasteiger partial charge in [0.1, 0.15) is 5.75 Å². The second kappa shape index (κ2) is 7.19. The summed E-state index contributed by atoms with van der Waals surface area (Å²) in [7, 11) is 0. The number of aromatic nitrogens is 2. The number of aromatic amines is 1. The molecule has 1 saturated heterocycles. The van der Waals surface area contributed by atoms with E-state index in [9.17, 15) is 9.59 Å². The first kappa shape index (κ1) is 18.0. The lowest BCUT2D eigenvalue weighted by molar-refractivity contribution is 0.115. The fraction of sp³-hybridized carbons (Fsp3) is 0.529. The van der Waals surface area contributed by atoms with E-state index in [1.807, 2.05) is 6.07 Å². The highest BCUT2D eigenvalue weighted by molar-refractivity contribution is 5.85. The summed E-state index contributed by atoms with van der Waals surface area (Å²) >= 11 is 0. The van der Waals surface area contributed by atoms with Crippen LogP contribution in [0, 0.1) is 0 Å². The highest BCUT2D eigenvalue weighted by atomic mass is 35.5. The lowest BCUT2D eigenvalue weighted by atomic mass is 10.0. The normalized spacial score (nSPS) is 20.6. The Morgan fingerprint density at radius 1 is 1.32 bits per heavy atom. The van der Waals surface area contributed by atoms with Crippen LogP contribution in [0.4, 0.5) is 0 Å². The van der Waals surface area contributed by atoms with E-state index in [-0.39, 0.29) is 23.7 Å². The number of piperazine rings is 1. The molecule has 1 atom stereocenters. The zero-order valence-electron chi connectivity index (χ0n) is 14.2. The first-order valence-corrected chi connectivity index (χ1v) is 8.54. The van der Waals surface area contributed by atoms with Gasteiger partial charge >= 0.3 is 5.69 Å². The fourth-order valence-electron chi connectivity index (χ4n) is 3.69. The molecule has 1 aromatic heterocycles. The standard InChI is InChI=1S/C17H22N4O3.ClH/c1-2-21-16(22)13-8-15-11(7-14(13)19-17(21)23)10-20-5-4-18-9-12(20)3-6-24-15;/h7-8,12,18H,2-6,9-10H2,1H3,(H,19,23);1H/t12-;/m0./s1. The van der Waals surface area contributed by atoms with Crippen LogP contribution in [0.25, 0.3) is 10.9 Å². The minimum atomic E-state index is -0.359. The summed E-state index contributed by atoms with van der Waals surface area (Å²) < 4.78 is 7.16. The van der Waals surface area contributed by atoms with Gasteiger partial charge < -0.3 is 15.0 Å². The van der Waals surface area contributed by atoms with Gasteiger partial charge in [-0.25, -0.2) is 4.79 Å². The van der Waals surface area contributed by atoms with Crippen molar-refractivity contribution in [1.29, 1.82) is 0 Å². The highest BCUT2D eigenvalue weighted by Gasteiger charge is 2.26.